The van der Waals surface area contributed by atoms with E-state index in [1.54, 1.807) is 18.1 Å². The lowest BCUT2D eigenvalue weighted by atomic mass is 10.1. The molecule has 0 aromatic carbocycles. The Balaban J connectivity index is 1.91. The number of thiophene rings is 1. The van der Waals surface area contributed by atoms with Crippen molar-refractivity contribution in [3.63, 3.8) is 0 Å². The Hall–Kier alpha value is -1.08. The van der Waals surface area contributed by atoms with E-state index < -0.39 is 0 Å². The number of hydrogen-bond donors (Lipinski definition) is 1. The van der Waals surface area contributed by atoms with Crippen molar-refractivity contribution in [2.24, 2.45) is 0 Å². The van der Waals surface area contributed by atoms with Crippen molar-refractivity contribution in [3.05, 3.63) is 14.7 Å². The molecule has 18 heavy (non-hydrogen) atoms. The lowest BCUT2D eigenvalue weighted by molar-refractivity contribution is -0.133. The molecule has 1 aliphatic heterocycles. The number of carbonyl (C=O) groups is 2. The number of hydrogen-bond acceptors (Lipinski definition) is 4. The summed E-state index contributed by atoms with van der Waals surface area (Å²) in [6, 6.07) is 1.75. The van der Waals surface area contributed by atoms with Crippen LogP contribution in [0, 0.1) is 0 Å². The predicted molar refractivity (Wildman–Crippen MR) is 72.1 cm³/mol. The van der Waals surface area contributed by atoms with Crippen LogP contribution in [0.4, 0.5) is 0 Å². The molecule has 0 aliphatic carbocycles. The Bertz CT molecular complexity index is 483. The normalized spacial score (nSPS) is 15.2. The van der Waals surface area contributed by atoms with Gasteiger partial charge in [0, 0.05) is 26.1 Å². The second-order valence-electron chi connectivity index (χ2n) is 4.05. The number of ether oxygens (including phenoxy) is 1. The van der Waals surface area contributed by atoms with Crippen LogP contribution in [0.5, 0.6) is 5.75 Å². The highest BCUT2D eigenvalue weighted by molar-refractivity contribution is 9.11. The first kappa shape index (κ1) is 13.4. The van der Waals surface area contributed by atoms with Crippen molar-refractivity contribution in [2.45, 2.75) is 13.0 Å². The fourth-order valence-corrected chi connectivity index (χ4v) is 3.24. The van der Waals surface area contributed by atoms with Crippen LogP contribution in [0.15, 0.2) is 9.85 Å². The number of nitrogens with zero attached hydrogens (tertiary/aromatic N) is 1. The molecule has 2 amide bonds. The molecule has 5 nitrogen and oxygen atoms in total. The quantitative estimate of drug-likeness (QED) is 0.912. The molecular formula is C11H13BrN2O3S. The van der Waals surface area contributed by atoms with E-state index in [9.17, 15) is 9.59 Å². The van der Waals surface area contributed by atoms with E-state index in [0.29, 0.717) is 23.7 Å². The van der Waals surface area contributed by atoms with Crippen LogP contribution in [0.1, 0.15) is 16.6 Å². The second kappa shape index (κ2) is 5.27. The topological polar surface area (TPSA) is 58.6 Å². The Morgan fingerprint density at radius 2 is 2.22 bits per heavy atom. The molecule has 7 heteroatoms. The molecule has 0 unspecified atom stereocenters. The van der Waals surface area contributed by atoms with Crippen molar-refractivity contribution < 1.29 is 14.3 Å². The van der Waals surface area contributed by atoms with Gasteiger partial charge < -0.3 is 15.0 Å². The minimum Gasteiger partial charge on any atom is -0.495 e. The highest BCUT2D eigenvalue weighted by Crippen LogP contribution is 2.34. The summed E-state index contributed by atoms with van der Waals surface area (Å²) in [6.07, 6.45) is 0. The van der Waals surface area contributed by atoms with Crippen molar-refractivity contribution in [1.29, 1.82) is 0 Å². The van der Waals surface area contributed by atoms with Crippen LogP contribution in [0.3, 0.4) is 0 Å². The summed E-state index contributed by atoms with van der Waals surface area (Å²) in [5, 5.41) is 2.88. The SMILES string of the molecule is COc1cc(C(=O)NC2CN(C(C)=O)C2)sc1Br. The van der Waals surface area contributed by atoms with Crippen LogP contribution in [-0.2, 0) is 4.79 Å². The highest BCUT2D eigenvalue weighted by Gasteiger charge is 2.30. The molecule has 1 N–H and O–H groups in total. The van der Waals surface area contributed by atoms with Gasteiger partial charge in [-0.2, -0.15) is 0 Å². The summed E-state index contributed by atoms with van der Waals surface area (Å²) in [5.74, 6) is 0.572. The summed E-state index contributed by atoms with van der Waals surface area (Å²) >= 11 is 4.66. The number of halogens is 1. The number of methoxy groups -OCH3 is 1. The smallest absolute Gasteiger partial charge is 0.261 e. The molecule has 2 rings (SSSR count). The maximum atomic E-state index is 11.9. The molecule has 2 heterocycles. The molecule has 0 saturated carbocycles. The number of nitrogens with one attached hydrogen (secondary N) is 1. The van der Waals surface area contributed by atoms with Gasteiger partial charge in [-0.3, -0.25) is 9.59 Å². The molecule has 0 radical (unpaired) electrons. The Morgan fingerprint density at radius 1 is 1.56 bits per heavy atom. The summed E-state index contributed by atoms with van der Waals surface area (Å²) in [7, 11) is 1.56. The molecule has 1 saturated heterocycles. The van der Waals surface area contributed by atoms with Gasteiger partial charge in [0.05, 0.1) is 18.0 Å². The van der Waals surface area contributed by atoms with Crippen molar-refractivity contribution in [2.75, 3.05) is 20.2 Å². The maximum absolute atomic E-state index is 11.9. The minimum atomic E-state index is -0.128. The molecule has 0 bridgehead atoms. The van der Waals surface area contributed by atoms with Gasteiger partial charge in [-0.1, -0.05) is 0 Å². The lowest BCUT2D eigenvalue weighted by Gasteiger charge is -2.38. The molecule has 98 valence electrons. The standard InChI is InChI=1S/C11H13BrN2O3S/c1-6(15)14-4-7(5-14)13-11(16)9-3-8(17-2)10(12)18-9/h3,7H,4-5H2,1-2H3,(H,13,16). The average Bonchev–Trinajstić information content (AvgIpc) is 2.63. The Kier molecular flexibility index (Phi) is 3.91. The predicted octanol–water partition coefficient (Wildman–Crippen LogP) is 1.48. The highest BCUT2D eigenvalue weighted by atomic mass is 79.9. The van der Waals surface area contributed by atoms with Gasteiger partial charge in [-0.05, 0) is 15.9 Å². The Labute approximate surface area is 117 Å². The van der Waals surface area contributed by atoms with Gasteiger partial charge in [0.25, 0.3) is 5.91 Å². The first-order valence-electron chi connectivity index (χ1n) is 5.41. The van der Waals surface area contributed by atoms with Gasteiger partial charge in [0.1, 0.15) is 9.54 Å². The number of likely N-dealkylation sites (tertiary alicyclic amines) is 1. The van der Waals surface area contributed by atoms with Crippen molar-refractivity contribution >= 4 is 39.1 Å². The molecule has 1 aromatic heterocycles. The van der Waals surface area contributed by atoms with Gasteiger partial charge in [-0.25, -0.2) is 0 Å². The van der Waals surface area contributed by atoms with E-state index in [0.717, 1.165) is 3.79 Å². The number of carbonyl (C=O) groups excluding carboxylic acids is 2. The van der Waals surface area contributed by atoms with Gasteiger partial charge >= 0.3 is 0 Å². The molecular weight excluding hydrogens is 320 g/mol. The largest absolute Gasteiger partial charge is 0.495 e. The summed E-state index contributed by atoms with van der Waals surface area (Å²) in [6.45, 7) is 2.70. The van der Waals surface area contributed by atoms with E-state index in [-0.39, 0.29) is 17.9 Å². The molecule has 1 aromatic rings. The monoisotopic (exact) mass is 332 g/mol. The van der Waals surface area contributed by atoms with Gasteiger partial charge in [-0.15, -0.1) is 11.3 Å². The van der Waals surface area contributed by atoms with Crippen LogP contribution in [0.2, 0.25) is 0 Å². The van der Waals surface area contributed by atoms with E-state index in [2.05, 4.69) is 21.2 Å². The van der Waals surface area contributed by atoms with Crippen LogP contribution in [0.25, 0.3) is 0 Å². The molecule has 1 fully saturated rings. The zero-order chi connectivity index (χ0) is 13.3. The summed E-state index contributed by atoms with van der Waals surface area (Å²) < 4.78 is 5.90. The third-order valence-corrected chi connectivity index (χ3v) is 4.54. The number of rotatable bonds is 3. The lowest BCUT2D eigenvalue weighted by Crippen LogP contribution is -2.60. The van der Waals surface area contributed by atoms with Gasteiger partial charge in [0.15, 0.2) is 0 Å². The zero-order valence-corrected chi connectivity index (χ0v) is 12.4. The minimum absolute atomic E-state index is 0.0426. The first-order chi connectivity index (χ1) is 8.51. The fraction of sp³-hybridized carbons (Fsp3) is 0.455. The zero-order valence-electron chi connectivity index (χ0n) is 10.0. The maximum Gasteiger partial charge on any atom is 0.261 e. The molecule has 0 atom stereocenters. The Morgan fingerprint density at radius 3 is 2.72 bits per heavy atom. The van der Waals surface area contributed by atoms with Gasteiger partial charge in [0.2, 0.25) is 5.91 Å². The van der Waals surface area contributed by atoms with Crippen molar-refractivity contribution in [1.82, 2.24) is 10.2 Å². The van der Waals surface area contributed by atoms with Crippen LogP contribution < -0.4 is 10.1 Å². The first-order valence-corrected chi connectivity index (χ1v) is 7.02. The van der Waals surface area contributed by atoms with E-state index in [4.69, 9.17) is 4.74 Å². The van der Waals surface area contributed by atoms with Crippen molar-refractivity contribution in [3.8, 4) is 5.75 Å². The van der Waals surface area contributed by atoms with E-state index in [1.165, 1.54) is 18.3 Å². The van der Waals surface area contributed by atoms with Crippen LogP contribution >= 0.6 is 27.3 Å². The summed E-state index contributed by atoms with van der Waals surface area (Å²) in [4.78, 5) is 25.2. The van der Waals surface area contributed by atoms with E-state index >= 15 is 0 Å². The third kappa shape index (κ3) is 2.67. The summed E-state index contributed by atoms with van der Waals surface area (Å²) in [5.41, 5.74) is 0. The second-order valence-corrected chi connectivity index (χ2v) is 6.42. The molecule has 1 aliphatic rings. The number of amides is 2. The molecule has 0 spiro atoms. The van der Waals surface area contributed by atoms with Crippen LogP contribution in [-0.4, -0.2) is 43.0 Å². The fourth-order valence-electron chi connectivity index (χ4n) is 1.69. The third-order valence-electron chi connectivity index (χ3n) is 2.76. The average molecular weight is 333 g/mol. The van der Waals surface area contributed by atoms with E-state index in [1.807, 2.05) is 0 Å².